The minimum Gasteiger partial charge on any atom is -0.465 e. The van der Waals surface area contributed by atoms with Gasteiger partial charge in [0, 0.05) is 18.1 Å². The van der Waals surface area contributed by atoms with Gasteiger partial charge in [0.2, 0.25) is 0 Å². The number of hydrogen-bond donors (Lipinski definition) is 1. The molecule has 0 amide bonds. The summed E-state index contributed by atoms with van der Waals surface area (Å²) < 4.78 is 4.41. The van der Waals surface area contributed by atoms with E-state index in [-0.39, 0.29) is 5.97 Å². The Kier molecular flexibility index (Phi) is 1.96. The van der Waals surface area contributed by atoms with Gasteiger partial charge < -0.3 is 4.74 Å². The molecule has 49 valence electrons. The van der Waals surface area contributed by atoms with Crippen LogP contribution in [0.25, 0.3) is 0 Å². The van der Waals surface area contributed by atoms with Gasteiger partial charge >= 0.3 is 5.97 Å². The van der Waals surface area contributed by atoms with Crippen LogP contribution in [-0.4, -0.2) is 13.1 Å². The monoisotopic (exact) mass is 145 g/mol. The number of ether oxygens (including phenoxy) is 1. The van der Waals surface area contributed by atoms with Crippen molar-refractivity contribution in [1.82, 2.24) is 10.3 Å². The van der Waals surface area contributed by atoms with Crippen molar-refractivity contribution in [2.45, 2.75) is 0 Å². The molecule has 0 aliphatic carbocycles. The van der Waals surface area contributed by atoms with Crippen molar-refractivity contribution in [2.24, 2.45) is 0 Å². The average molecular weight is 145 g/mol. The second-order valence-corrected chi connectivity index (χ2v) is 2.12. The van der Waals surface area contributed by atoms with Crippen molar-refractivity contribution in [3.05, 3.63) is 11.1 Å². The van der Waals surface area contributed by atoms with Gasteiger partial charge in [0.15, 0.2) is 0 Å². The fourth-order valence-electron chi connectivity index (χ4n) is 0.384. The number of methoxy groups -OCH3 is 1. The van der Waals surface area contributed by atoms with E-state index >= 15 is 0 Å². The quantitative estimate of drug-likeness (QED) is 0.409. The molecule has 0 aromatic carbocycles. The van der Waals surface area contributed by atoms with Gasteiger partial charge in [0.05, 0.1) is 7.11 Å². The van der Waals surface area contributed by atoms with E-state index < -0.39 is 0 Å². The SMILES string of the molecule is COC(=O)C1=CN[N]S1. The van der Waals surface area contributed by atoms with Crippen LogP contribution in [0, 0.1) is 0 Å². The third kappa shape index (κ3) is 1.36. The molecule has 1 aliphatic rings. The van der Waals surface area contributed by atoms with Crippen LogP contribution in [0.3, 0.4) is 0 Å². The molecule has 1 rings (SSSR count). The summed E-state index contributed by atoms with van der Waals surface area (Å²) in [6.07, 6.45) is 1.50. The van der Waals surface area contributed by atoms with Crippen molar-refractivity contribution in [3.63, 3.8) is 0 Å². The molecular formula is C4H5N2O2S. The molecule has 0 fully saturated rings. The van der Waals surface area contributed by atoms with Crippen LogP contribution in [0.5, 0.6) is 0 Å². The maximum atomic E-state index is 10.6. The highest BCUT2D eigenvalue weighted by Crippen LogP contribution is 2.16. The van der Waals surface area contributed by atoms with Crippen molar-refractivity contribution < 1.29 is 9.53 Å². The summed E-state index contributed by atoms with van der Waals surface area (Å²) >= 11 is 1.08. The zero-order valence-corrected chi connectivity index (χ0v) is 5.57. The van der Waals surface area contributed by atoms with Gasteiger partial charge in [-0.3, -0.25) is 5.43 Å². The molecule has 0 aromatic rings. The number of rotatable bonds is 1. The van der Waals surface area contributed by atoms with Crippen LogP contribution in [0.1, 0.15) is 0 Å². The van der Waals surface area contributed by atoms with E-state index in [0.29, 0.717) is 4.91 Å². The van der Waals surface area contributed by atoms with Crippen LogP contribution in [0.4, 0.5) is 0 Å². The van der Waals surface area contributed by atoms with Gasteiger partial charge in [-0.15, -0.1) is 0 Å². The molecule has 0 atom stereocenters. The van der Waals surface area contributed by atoms with Gasteiger partial charge in [0.25, 0.3) is 0 Å². The third-order valence-electron chi connectivity index (χ3n) is 0.779. The van der Waals surface area contributed by atoms with E-state index in [4.69, 9.17) is 0 Å². The Bertz CT molecular complexity index is 157. The van der Waals surface area contributed by atoms with Crippen LogP contribution >= 0.6 is 11.9 Å². The van der Waals surface area contributed by atoms with Crippen LogP contribution in [0.2, 0.25) is 0 Å². The van der Waals surface area contributed by atoms with E-state index in [1.807, 2.05) is 0 Å². The Hall–Kier alpha value is -0.680. The average Bonchev–Trinajstić information content (AvgIpc) is 2.37. The lowest BCUT2D eigenvalue weighted by atomic mass is 10.6. The molecule has 1 aliphatic heterocycles. The Labute approximate surface area is 56.7 Å². The summed E-state index contributed by atoms with van der Waals surface area (Å²) in [7, 11) is 1.34. The molecule has 0 unspecified atom stereocenters. The fourth-order valence-corrected chi connectivity index (χ4v) is 0.851. The lowest BCUT2D eigenvalue weighted by molar-refractivity contribution is -0.135. The molecule has 0 saturated heterocycles. The fraction of sp³-hybridized carbons (Fsp3) is 0.250. The molecule has 9 heavy (non-hydrogen) atoms. The molecule has 0 saturated carbocycles. The summed E-state index contributed by atoms with van der Waals surface area (Å²) in [6.45, 7) is 0. The summed E-state index contributed by atoms with van der Waals surface area (Å²) in [5.41, 5.74) is 2.51. The summed E-state index contributed by atoms with van der Waals surface area (Å²) in [6, 6.07) is 0. The van der Waals surface area contributed by atoms with E-state index in [1.165, 1.54) is 13.3 Å². The second kappa shape index (κ2) is 2.75. The van der Waals surface area contributed by atoms with E-state index in [1.54, 1.807) is 0 Å². The molecule has 1 radical (unpaired) electrons. The Balaban J connectivity index is 2.51. The number of carbonyl (C=O) groups excluding carboxylic acids is 1. The smallest absolute Gasteiger partial charge is 0.347 e. The van der Waals surface area contributed by atoms with Gasteiger partial charge in [0.1, 0.15) is 4.91 Å². The molecule has 0 aromatic heterocycles. The largest absolute Gasteiger partial charge is 0.465 e. The lowest BCUT2D eigenvalue weighted by Crippen LogP contribution is -2.02. The zero-order valence-electron chi connectivity index (χ0n) is 4.75. The maximum Gasteiger partial charge on any atom is 0.347 e. The van der Waals surface area contributed by atoms with E-state index in [2.05, 4.69) is 15.0 Å². The first kappa shape index (κ1) is 6.44. The number of carbonyl (C=O) groups is 1. The standard InChI is InChI=1S/C4H5N2O2S/c1-8-4(7)3-2-5-6-9-3/h2,5H,1H3. The van der Waals surface area contributed by atoms with Crippen LogP contribution in [0.15, 0.2) is 11.1 Å². The number of nitrogens with one attached hydrogen (secondary N) is 1. The van der Waals surface area contributed by atoms with Gasteiger partial charge in [-0.2, -0.15) is 0 Å². The lowest BCUT2D eigenvalue weighted by Gasteiger charge is -1.92. The van der Waals surface area contributed by atoms with Crippen molar-refractivity contribution in [3.8, 4) is 0 Å². The molecule has 0 bridgehead atoms. The maximum absolute atomic E-state index is 10.6. The van der Waals surface area contributed by atoms with Gasteiger partial charge in [-0.1, -0.05) is 4.83 Å². The molecular weight excluding hydrogens is 140 g/mol. The first-order chi connectivity index (χ1) is 4.34. The van der Waals surface area contributed by atoms with Gasteiger partial charge in [-0.25, -0.2) is 4.79 Å². The predicted molar refractivity (Wildman–Crippen MR) is 33.0 cm³/mol. The predicted octanol–water partition coefficient (Wildman–Crippen LogP) is -0.228. The Morgan fingerprint density at radius 2 is 2.78 bits per heavy atom. The van der Waals surface area contributed by atoms with Crippen molar-refractivity contribution >= 4 is 17.9 Å². The highest BCUT2D eigenvalue weighted by molar-refractivity contribution is 8.02. The molecule has 0 spiro atoms. The molecule has 5 heteroatoms. The number of hydrogen-bond acceptors (Lipinski definition) is 4. The summed E-state index contributed by atoms with van der Waals surface area (Å²) in [5, 5.41) is 0. The van der Waals surface area contributed by atoms with Gasteiger partial charge in [-0.05, 0) is 0 Å². The van der Waals surface area contributed by atoms with Crippen molar-refractivity contribution in [2.75, 3.05) is 7.11 Å². The Morgan fingerprint density at radius 1 is 2.00 bits per heavy atom. The Morgan fingerprint density at radius 3 is 3.22 bits per heavy atom. The highest BCUT2D eigenvalue weighted by Gasteiger charge is 2.14. The molecule has 4 nitrogen and oxygen atoms in total. The summed E-state index contributed by atoms with van der Waals surface area (Å²) in [5.74, 6) is -0.353. The van der Waals surface area contributed by atoms with Crippen LogP contribution in [-0.2, 0) is 9.53 Å². The molecule has 1 N–H and O–H groups in total. The number of nitrogens with zero attached hydrogens (tertiary/aromatic N) is 1. The second-order valence-electron chi connectivity index (χ2n) is 1.31. The number of esters is 1. The minimum atomic E-state index is -0.353. The van der Waals surface area contributed by atoms with Crippen LogP contribution < -0.4 is 10.3 Å². The highest BCUT2D eigenvalue weighted by atomic mass is 32.2. The minimum absolute atomic E-state index is 0.353. The van der Waals surface area contributed by atoms with E-state index in [0.717, 1.165) is 11.9 Å². The van der Waals surface area contributed by atoms with E-state index in [9.17, 15) is 4.79 Å². The summed E-state index contributed by atoms with van der Waals surface area (Å²) in [4.78, 5) is 14.7. The first-order valence-electron chi connectivity index (χ1n) is 2.25. The third-order valence-corrected chi connectivity index (χ3v) is 1.46. The first-order valence-corrected chi connectivity index (χ1v) is 3.03. The molecule has 1 heterocycles. The normalized spacial score (nSPS) is 16.3. The van der Waals surface area contributed by atoms with Crippen molar-refractivity contribution in [1.29, 1.82) is 0 Å². The zero-order chi connectivity index (χ0) is 6.69. The topological polar surface area (TPSA) is 52.4 Å².